The topological polar surface area (TPSA) is 129 Å². The maximum atomic E-state index is 11.0. The van der Waals surface area contributed by atoms with Crippen molar-refractivity contribution >= 4 is 38.8 Å². The van der Waals surface area contributed by atoms with Gasteiger partial charge in [0.15, 0.2) is 0 Å². The van der Waals surface area contributed by atoms with E-state index in [4.69, 9.17) is 4.98 Å². The molecule has 0 fully saturated rings. The van der Waals surface area contributed by atoms with E-state index in [-0.39, 0.29) is 5.69 Å². The maximum absolute atomic E-state index is 11.0. The molecule has 0 unspecified atom stereocenters. The van der Waals surface area contributed by atoms with Crippen LogP contribution in [0.25, 0.3) is 55.9 Å². The van der Waals surface area contributed by atoms with E-state index in [0.29, 0.717) is 11.3 Å². The molecule has 0 saturated heterocycles. The molecule has 3 aromatic carbocycles. The van der Waals surface area contributed by atoms with Gasteiger partial charge in [-0.3, -0.25) is 10.1 Å². The molecule has 9 heteroatoms. The fourth-order valence-electron chi connectivity index (χ4n) is 3.61. The number of hydrogen-bond acceptors (Lipinski definition) is 5. The minimum Gasteiger partial charge on any atom is -0.345 e. The van der Waals surface area contributed by atoms with E-state index < -0.39 is 4.92 Å². The van der Waals surface area contributed by atoms with Gasteiger partial charge in [0, 0.05) is 23.3 Å². The van der Waals surface area contributed by atoms with Gasteiger partial charge >= 0.3 is 0 Å². The van der Waals surface area contributed by atoms with Crippen LogP contribution < -0.4 is 0 Å². The summed E-state index contributed by atoms with van der Waals surface area (Å²) in [4.78, 5) is 33.7. The van der Waals surface area contributed by atoms with Crippen LogP contribution in [-0.4, -0.2) is 34.8 Å². The Bertz CT molecular complexity index is 1590. The molecule has 0 radical (unpaired) electrons. The van der Waals surface area contributed by atoms with Crippen molar-refractivity contribution in [3.05, 3.63) is 71.0 Å². The molecule has 0 aliphatic heterocycles. The number of imidazole rings is 3. The first-order chi connectivity index (χ1) is 14.6. The number of nitro benzene ring substituents is 1. The Kier molecular flexibility index (Phi) is 3.28. The van der Waals surface area contributed by atoms with E-state index in [1.807, 2.05) is 36.4 Å². The largest absolute Gasteiger partial charge is 0.345 e. The van der Waals surface area contributed by atoms with Crippen molar-refractivity contribution in [3.63, 3.8) is 0 Å². The van der Waals surface area contributed by atoms with Gasteiger partial charge in [-0.2, -0.15) is 0 Å². The van der Waals surface area contributed by atoms with Crippen molar-refractivity contribution in [2.24, 2.45) is 0 Å². The number of H-pyrrole nitrogens is 3. The molecule has 3 aromatic heterocycles. The standard InChI is InChI=1S/C21H13N7O2/c29-28(30)13-3-6-16-19(9-13)27-21(25-16)12-2-5-15-18(8-12)26-20(24-15)11-1-4-14-17(7-11)23-10-22-14/h1-10H,(H,22,23)(H,24,26)(H,25,27). The van der Waals surface area contributed by atoms with Crippen LogP contribution in [0.1, 0.15) is 0 Å². The molecule has 0 amide bonds. The van der Waals surface area contributed by atoms with Crippen LogP contribution in [0.3, 0.4) is 0 Å². The van der Waals surface area contributed by atoms with E-state index in [0.717, 1.165) is 44.5 Å². The summed E-state index contributed by atoms with van der Waals surface area (Å²) in [7, 11) is 0. The van der Waals surface area contributed by atoms with Crippen LogP contribution in [0.4, 0.5) is 5.69 Å². The van der Waals surface area contributed by atoms with Gasteiger partial charge in [-0.1, -0.05) is 0 Å². The van der Waals surface area contributed by atoms with Crippen molar-refractivity contribution in [1.82, 2.24) is 29.9 Å². The van der Waals surface area contributed by atoms with E-state index in [2.05, 4.69) is 24.9 Å². The van der Waals surface area contributed by atoms with Crippen molar-refractivity contribution in [3.8, 4) is 22.8 Å². The van der Waals surface area contributed by atoms with Crippen LogP contribution in [0.15, 0.2) is 60.9 Å². The summed E-state index contributed by atoms with van der Waals surface area (Å²) in [6.07, 6.45) is 1.67. The normalized spacial score (nSPS) is 11.6. The molecule has 6 aromatic rings. The van der Waals surface area contributed by atoms with Crippen molar-refractivity contribution in [1.29, 1.82) is 0 Å². The highest BCUT2D eigenvalue weighted by Gasteiger charge is 2.13. The van der Waals surface area contributed by atoms with Gasteiger partial charge in [-0.15, -0.1) is 0 Å². The number of fused-ring (bicyclic) bond motifs is 3. The van der Waals surface area contributed by atoms with Crippen LogP contribution in [-0.2, 0) is 0 Å². The zero-order chi connectivity index (χ0) is 20.2. The Morgan fingerprint density at radius 2 is 1.33 bits per heavy atom. The summed E-state index contributed by atoms with van der Waals surface area (Å²) in [5.74, 6) is 1.39. The Balaban J connectivity index is 1.42. The summed E-state index contributed by atoms with van der Waals surface area (Å²) in [6.45, 7) is 0. The fraction of sp³-hybridized carbons (Fsp3) is 0. The number of nitrogens with zero attached hydrogens (tertiary/aromatic N) is 4. The number of aromatic amines is 3. The first-order valence-electron chi connectivity index (χ1n) is 9.22. The van der Waals surface area contributed by atoms with E-state index in [1.165, 1.54) is 12.1 Å². The molecule has 0 saturated carbocycles. The predicted octanol–water partition coefficient (Wildman–Crippen LogP) is 4.56. The molecule has 0 aliphatic rings. The number of nitro groups is 1. The van der Waals surface area contributed by atoms with Crippen molar-refractivity contribution in [2.45, 2.75) is 0 Å². The predicted molar refractivity (Wildman–Crippen MR) is 113 cm³/mol. The quantitative estimate of drug-likeness (QED) is 0.299. The second kappa shape index (κ2) is 5.98. The van der Waals surface area contributed by atoms with Gasteiger partial charge in [0.25, 0.3) is 5.69 Å². The Labute approximate surface area is 168 Å². The lowest BCUT2D eigenvalue weighted by molar-refractivity contribution is -0.384. The molecule has 144 valence electrons. The zero-order valence-corrected chi connectivity index (χ0v) is 15.4. The number of nitrogens with one attached hydrogen (secondary N) is 3. The third kappa shape index (κ3) is 2.53. The smallest absolute Gasteiger partial charge is 0.271 e. The summed E-state index contributed by atoms with van der Waals surface area (Å²) in [5.41, 5.74) is 6.67. The number of rotatable bonds is 3. The molecule has 0 atom stereocenters. The monoisotopic (exact) mass is 395 g/mol. The second-order valence-electron chi connectivity index (χ2n) is 7.00. The highest BCUT2D eigenvalue weighted by atomic mass is 16.6. The highest BCUT2D eigenvalue weighted by Crippen LogP contribution is 2.28. The first kappa shape index (κ1) is 16.4. The molecular formula is C21H13N7O2. The molecule has 30 heavy (non-hydrogen) atoms. The average molecular weight is 395 g/mol. The first-order valence-corrected chi connectivity index (χ1v) is 9.22. The Hall–Kier alpha value is -4.53. The van der Waals surface area contributed by atoms with Gasteiger partial charge in [0.2, 0.25) is 0 Å². The van der Waals surface area contributed by atoms with E-state index in [1.54, 1.807) is 12.4 Å². The van der Waals surface area contributed by atoms with Gasteiger partial charge in [-0.25, -0.2) is 15.0 Å². The molecule has 0 aliphatic carbocycles. The van der Waals surface area contributed by atoms with Crippen LogP contribution in [0.5, 0.6) is 0 Å². The van der Waals surface area contributed by atoms with Crippen molar-refractivity contribution < 1.29 is 4.92 Å². The highest BCUT2D eigenvalue weighted by molar-refractivity contribution is 5.87. The lowest BCUT2D eigenvalue weighted by Gasteiger charge is -1.95. The van der Waals surface area contributed by atoms with Crippen LogP contribution >= 0.6 is 0 Å². The van der Waals surface area contributed by atoms with Crippen LogP contribution in [0.2, 0.25) is 0 Å². The molecule has 3 N–H and O–H groups in total. The lowest BCUT2D eigenvalue weighted by atomic mass is 10.2. The Morgan fingerprint density at radius 1 is 0.733 bits per heavy atom. The molecule has 3 heterocycles. The number of benzene rings is 3. The van der Waals surface area contributed by atoms with Gasteiger partial charge in [0.05, 0.1) is 44.4 Å². The number of non-ortho nitro benzene ring substituents is 1. The Morgan fingerprint density at radius 3 is 2.03 bits per heavy atom. The van der Waals surface area contributed by atoms with Crippen molar-refractivity contribution in [2.75, 3.05) is 0 Å². The third-order valence-electron chi connectivity index (χ3n) is 5.13. The number of hydrogen-bond donors (Lipinski definition) is 3. The van der Waals surface area contributed by atoms with Crippen LogP contribution in [0, 0.1) is 10.1 Å². The van der Waals surface area contributed by atoms with E-state index in [9.17, 15) is 10.1 Å². The third-order valence-corrected chi connectivity index (χ3v) is 5.13. The summed E-state index contributed by atoms with van der Waals surface area (Å²) < 4.78 is 0. The minimum atomic E-state index is -0.425. The number of aromatic nitrogens is 6. The molecular weight excluding hydrogens is 382 g/mol. The van der Waals surface area contributed by atoms with Gasteiger partial charge in [0.1, 0.15) is 11.6 Å². The van der Waals surface area contributed by atoms with Gasteiger partial charge in [-0.05, 0) is 42.5 Å². The van der Waals surface area contributed by atoms with Gasteiger partial charge < -0.3 is 15.0 Å². The van der Waals surface area contributed by atoms with E-state index >= 15 is 0 Å². The lowest BCUT2D eigenvalue weighted by Crippen LogP contribution is -1.86. The second-order valence-corrected chi connectivity index (χ2v) is 7.00. The molecule has 6 rings (SSSR count). The summed E-state index contributed by atoms with van der Waals surface area (Å²) in [6, 6.07) is 16.4. The summed E-state index contributed by atoms with van der Waals surface area (Å²) in [5, 5.41) is 11.0. The molecule has 9 nitrogen and oxygen atoms in total. The maximum Gasteiger partial charge on any atom is 0.271 e. The minimum absolute atomic E-state index is 0.0156. The molecule has 0 bridgehead atoms. The fourth-order valence-corrected chi connectivity index (χ4v) is 3.61. The molecule has 0 spiro atoms. The summed E-state index contributed by atoms with van der Waals surface area (Å²) >= 11 is 0. The SMILES string of the molecule is O=[N+]([O-])c1ccc2[nH]c(-c3ccc4[nH]c(-c5ccc6[nH]cnc6c5)nc4c3)nc2c1. The zero-order valence-electron chi connectivity index (χ0n) is 15.4. The average Bonchev–Trinajstić information content (AvgIpc) is 3.48.